The van der Waals surface area contributed by atoms with Crippen molar-refractivity contribution < 1.29 is 19.4 Å². The van der Waals surface area contributed by atoms with E-state index in [4.69, 9.17) is 14.6 Å². The number of aliphatic carboxylic acids is 1. The average Bonchev–Trinajstić information content (AvgIpc) is 2.38. The second-order valence-corrected chi connectivity index (χ2v) is 2.79. The molecule has 0 fully saturated rings. The maximum Gasteiger partial charge on any atom is 0.328 e. The number of carbonyl (C=O) groups is 1. The molecule has 0 atom stereocenters. The van der Waals surface area contributed by atoms with Crippen molar-refractivity contribution in [2.24, 2.45) is 0 Å². The number of carboxylic acids is 1. The van der Waals surface area contributed by atoms with Gasteiger partial charge >= 0.3 is 5.97 Å². The molecular weight excluding hydrogens is 450 g/mol. The molecule has 0 aliphatic heterocycles. The Labute approximate surface area is 123 Å². The largest absolute Gasteiger partial charge is 0.493 e. The molecule has 0 aromatic heterocycles. The lowest BCUT2D eigenvalue weighted by atomic mass is 10.2. The number of hydrogen-bond donors (Lipinski definition) is 1. The number of benzene rings is 1. The second-order valence-electron chi connectivity index (χ2n) is 2.79. The average molecular weight is 462 g/mol. The highest BCUT2D eigenvalue weighted by Crippen LogP contribution is 2.27. The molecule has 0 unspecified atom stereocenters. The molecule has 6 heteroatoms. The van der Waals surface area contributed by atoms with Crippen LogP contribution in [0.5, 0.6) is 11.5 Å². The van der Waals surface area contributed by atoms with Gasteiger partial charge in [-0.2, -0.15) is 0 Å². The minimum Gasteiger partial charge on any atom is -0.493 e. The predicted octanol–water partition coefficient (Wildman–Crippen LogP) is 3.57. The van der Waals surface area contributed by atoms with Gasteiger partial charge in [0.05, 0.1) is 14.2 Å². The highest BCUT2D eigenvalue weighted by Gasteiger charge is 2.02. The molecule has 0 radical (unpaired) electrons. The smallest absolute Gasteiger partial charge is 0.328 e. The zero-order valence-corrected chi connectivity index (χ0v) is 13.6. The van der Waals surface area contributed by atoms with Gasteiger partial charge in [-0.1, -0.05) is 6.07 Å². The molecule has 0 aliphatic rings. The summed E-state index contributed by atoms with van der Waals surface area (Å²) in [7, 11) is 3.08. The maximum atomic E-state index is 10.3. The topological polar surface area (TPSA) is 55.8 Å². The third-order valence-corrected chi connectivity index (χ3v) is 1.83. The van der Waals surface area contributed by atoms with Gasteiger partial charge in [-0.15, -0.1) is 0 Å². The number of hydrogen-bond acceptors (Lipinski definition) is 3. The van der Waals surface area contributed by atoms with Crippen LogP contribution in [-0.2, 0) is 4.79 Å². The summed E-state index contributed by atoms with van der Waals surface area (Å²) in [6.07, 6.45) is 2.56. The Morgan fingerprint density at radius 1 is 1.24 bits per heavy atom. The van der Waals surface area contributed by atoms with E-state index in [0.29, 0.717) is 11.5 Å². The molecule has 0 heterocycles. The van der Waals surface area contributed by atoms with Crippen LogP contribution in [0.4, 0.5) is 0 Å². The first-order valence-electron chi connectivity index (χ1n) is 4.44. The van der Waals surface area contributed by atoms with Crippen LogP contribution in [0.25, 0.3) is 6.08 Å². The third-order valence-electron chi connectivity index (χ3n) is 1.83. The van der Waals surface area contributed by atoms with E-state index >= 15 is 0 Å². The van der Waals surface area contributed by atoms with E-state index < -0.39 is 5.97 Å². The molecule has 1 rings (SSSR count). The van der Waals surface area contributed by atoms with Crippen molar-refractivity contribution in [3.05, 3.63) is 29.8 Å². The first-order chi connectivity index (χ1) is 8.17. The highest BCUT2D eigenvalue weighted by atomic mass is 128. The van der Waals surface area contributed by atoms with Gasteiger partial charge in [-0.05, 0) is 23.8 Å². The monoisotopic (exact) mass is 462 g/mol. The van der Waals surface area contributed by atoms with E-state index in [2.05, 4.69) is 37.2 Å². The number of halogens is 2. The molecule has 1 aromatic rings. The van der Waals surface area contributed by atoms with Crippen molar-refractivity contribution in [2.45, 2.75) is 0 Å². The van der Waals surface area contributed by atoms with Crippen LogP contribution in [-0.4, -0.2) is 25.3 Å². The van der Waals surface area contributed by atoms with Crippen molar-refractivity contribution in [1.82, 2.24) is 0 Å². The molecule has 0 amide bonds. The Balaban J connectivity index is 0.00000121. The van der Waals surface area contributed by atoms with Crippen molar-refractivity contribution in [1.29, 1.82) is 0 Å². The minimum atomic E-state index is -0.982. The van der Waals surface area contributed by atoms with Gasteiger partial charge in [-0.25, -0.2) is 4.79 Å². The van der Waals surface area contributed by atoms with Gasteiger partial charge in [0.25, 0.3) is 0 Å². The van der Waals surface area contributed by atoms with E-state index in [9.17, 15) is 4.79 Å². The molecule has 1 aromatic carbocycles. The van der Waals surface area contributed by atoms with E-state index in [1.165, 1.54) is 13.2 Å². The van der Waals surface area contributed by atoms with Crippen LogP contribution < -0.4 is 9.47 Å². The van der Waals surface area contributed by atoms with Gasteiger partial charge in [0.2, 0.25) is 0 Å². The third kappa shape index (κ3) is 6.10. The second kappa shape index (κ2) is 9.51. The van der Waals surface area contributed by atoms with E-state index in [0.717, 1.165) is 11.6 Å². The van der Waals surface area contributed by atoms with E-state index in [-0.39, 0.29) is 0 Å². The van der Waals surface area contributed by atoms with Gasteiger partial charge < -0.3 is 14.6 Å². The molecule has 0 aliphatic carbocycles. The molecule has 0 saturated heterocycles. The van der Waals surface area contributed by atoms with Crippen molar-refractivity contribution >= 4 is 49.3 Å². The Bertz CT molecular complexity index is 391. The highest BCUT2D eigenvalue weighted by molar-refractivity contribution is 15.0. The number of rotatable bonds is 4. The van der Waals surface area contributed by atoms with Crippen molar-refractivity contribution in [2.75, 3.05) is 14.2 Å². The summed E-state index contributed by atoms with van der Waals surface area (Å²) in [6, 6.07) is 5.18. The number of ether oxygens (including phenoxy) is 2. The van der Waals surface area contributed by atoms with Gasteiger partial charge in [-0.3, -0.25) is 0 Å². The van der Waals surface area contributed by atoms with Crippen LogP contribution in [0.2, 0.25) is 0 Å². The molecule has 0 spiro atoms. The lowest BCUT2D eigenvalue weighted by molar-refractivity contribution is -0.131. The first kappa shape index (κ1) is 16.5. The van der Waals surface area contributed by atoms with E-state index in [1.807, 2.05) is 0 Å². The summed E-state index contributed by atoms with van der Waals surface area (Å²) in [5.74, 6) is 0.208. The molecule has 4 nitrogen and oxygen atoms in total. The maximum absolute atomic E-state index is 10.3. The molecule has 94 valence electrons. The summed E-state index contributed by atoms with van der Waals surface area (Å²) in [4.78, 5) is 10.3. The SMILES string of the molecule is COc1ccc(/C=C/C(=O)O)cc1OC.II. The van der Waals surface area contributed by atoms with Gasteiger partial charge in [0, 0.05) is 43.3 Å². The molecule has 0 saturated carbocycles. The summed E-state index contributed by atoms with van der Waals surface area (Å²) in [5.41, 5.74) is 0.745. The van der Waals surface area contributed by atoms with E-state index in [1.54, 1.807) is 25.3 Å². The summed E-state index contributed by atoms with van der Waals surface area (Å²) >= 11 is 4.24. The Morgan fingerprint density at radius 3 is 2.29 bits per heavy atom. The van der Waals surface area contributed by atoms with Crippen LogP contribution in [0.3, 0.4) is 0 Å². The van der Waals surface area contributed by atoms with Crippen molar-refractivity contribution in [3.63, 3.8) is 0 Å². The van der Waals surface area contributed by atoms with Crippen LogP contribution in [0.15, 0.2) is 24.3 Å². The van der Waals surface area contributed by atoms with Crippen LogP contribution in [0.1, 0.15) is 5.56 Å². The Hall–Kier alpha value is -0.510. The normalized spacial score (nSPS) is 9.41. The molecular formula is C11H12I2O4. The minimum absolute atomic E-state index is 0.574. The quantitative estimate of drug-likeness (QED) is 0.550. The molecule has 0 bridgehead atoms. The Kier molecular flexibility index (Phi) is 9.23. The van der Waals surface area contributed by atoms with Crippen LogP contribution in [0, 0.1) is 0 Å². The van der Waals surface area contributed by atoms with Crippen LogP contribution >= 0.6 is 37.2 Å². The zero-order chi connectivity index (χ0) is 13.3. The lowest BCUT2D eigenvalue weighted by Gasteiger charge is -2.07. The number of methoxy groups -OCH3 is 2. The van der Waals surface area contributed by atoms with Gasteiger partial charge in [0.15, 0.2) is 11.5 Å². The fourth-order valence-corrected chi connectivity index (χ4v) is 1.12. The predicted molar refractivity (Wildman–Crippen MR) is 84.3 cm³/mol. The summed E-state index contributed by atoms with van der Waals surface area (Å²) < 4.78 is 10.1. The first-order valence-corrected chi connectivity index (χ1v) is 10.7. The van der Waals surface area contributed by atoms with Gasteiger partial charge in [0.1, 0.15) is 0 Å². The molecule has 1 N–H and O–H groups in total. The number of carboxylic acid groups (broad SMARTS) is 1. The fraction of sp³-hybridized carbons (Fsp3) is 0.182. The fourth-order valence-electron chi connectivity index (χ4n) is 1.12. The summed E-state index contributed by atoms with van der Waals surface area (Å²) in [5, 5.41) is 8.46. The standard InChI is InChI=1S/C11H12O4.I2/c1-14-9-5-3-8(4-6-11(12)13)7-10(9)15-2;1-2/h3-7H,1-2H3,(H,12,13);/b6-4+;. The zero-order valence-electron chi connectivity index (χ0n) is 9.31. The van der Waals surface area contributed by atoms with Crippen molar-refractivity contribution in [3.8, 4) is 11.5 Å². The Morgan fingerprint density at radius 2 is 1.82 bits per heavy atom. The summed E-state index contributed by atoms with van der Waals surface area (Å²) in [6.45, 7) is 0. The lowest BCUT2D eigenvalue weighted by Crippen LogP contribution is -1.91. The molecule has 17 heavy (non-hydrogen) atoms.